The summed E-state index contributed by atoms with van der Waals surface area (Å²) in [6.45, 7) is 8.87. The second-order valence-corrected chi connectivity index (χ2v) is 24.4. The van der Waals surface area contributed by atoms with E-state index in [1.807, 2.05) is 24.3 Å². The maximum absolute atomic E-state index is 14.9. The first-order chi connectivity index (χ1) is 45.5. The summed E-state index contributed by atoms with van der Waals surface area (Å²) in [5, 5.41) is 115. The van der Waals surface area contributed by atoms with E-state index in [4.69, 9.17) is 26.0 Å². The quantitative estimate of drug-likeness (QED) is 0.00431. The van der Waals surface area contributed by atoms with Crippen molar-refractivity contribution in [3.05, 3.63) is 89.4 Å². The summed E-state index contributed by atoms with van der Waals surface area (Å²) in [6, 6.07) is 5.46. The molecule has 0 radical (unpaired) electrons. The summed E-state index contributed by atoms with van der Waals surface area (Å²) in [5.41, 5.74) is 9.22. The van der Waals surface area contributed by atoms with Crippen LogP contribution in [0.2, 0.25) is 0 Å². The zero-order valence-electron chi connectivity index (χ0n) is 53.0. The summed E-state index contributed by atoms with van der Waals surface area (Å²) < 4.78 is 20.2. The van der Waals surface area contributed by atoms with Crippen molar-refractivity contribution in [3.63, 3.8) is 0 Å². The van der Waals surface area contributed by atoms with E-state index in [2.05, 4.69) is 61.5 Å². The smallest absolute Gasteiger partial charge is 0.691 e. The molecule has 13 atom stereocenters. The van der Waals surface area contributed by atoms with Crippen LogP contribution in [0.4, 0.5) is 0 Å². The fourth-order valence-electron chi connectivity index (χ4n) is 10.9. The number of carbonyl (C=O) groups is 7. The number of fused-ring (bicyclic) bond motifs is 2. The molecule has 0 aliphatic carbocycles. The summed E-state index contributed by atoms with van der Waals surface area (Å²) in [6.07, 6.45) is -7.69. The van der Waals surface area contributed by atoms with Crippen LogP contribution in [0.3, 0.4) is 0 Å². The monoisotopic (exact) mass is 1390 g/mol. The van der Waals surface area contributed by atoms with Crippen LogP contribution in [0.5, 0.6) is 17.2 Å². The molecular weight excluding hydrogens is 1310 g/mol. The second-order valence-electron chi connectivity index (χ2n) is 23.0. The van der Waals surface area contributed by atoms with Crippen LogP contribution >= 0.6 is 23.7 Å². The number of nitrogens with zero attached hydrogens (tertiary/aromatic N) is 6. The Bertz CT molecular complexity index is 3340. The summed E-state index contributed by atoms with van der Waals surface area (Å²) >= 11 is 1.29. The number of phenolic OH excluding ortho intramolecular Hbond substituents is 1. The topological polar surface area (TPSA) is 477 Å². The van der Waals surface area contributed by atoms with Gasteiger partial charge in [-0.25, -0.2) is 4.99 Å². The number of aliphatic hydroxyl groups excluding tert-OH is 6. The molecule has 4 aromatic rings. The number of methoxy groups -OCH3 is 1. The minimum Gasteiger partial charge on any atom is -0.691 e. The number of hydrogen-bond acceptors (Lipinski definition) is 25. The molecule has 3 aliphatic heterocycles. The van der Waals surface area contributed by atoms with Gasteiger partial charge in [-0.1, -0.05) is 61.1 Å². The van der Waals surface area contributed by atoms with Gasteiger partial charge in [-0.3, -0.25) is 38.6 Å². The van der Waals surface area contributed by atoms with Gasteiger partial charge >= 0.3 is 29.6 Å². The molecule has 7 rings (SSSR count). The third-order valence-corrected chi connectivity index (χ3v) is 17.3. The van der Waals surface area contributed by atoms with Crippen molar-refractivity contribution in [3.8, 4) is 38.4 Å². The first kappa shape index (κ1) is 77.6. The van der Waals surface area contributed by atoms with Crippen molar-refractivity contribution in [1.82, 2.24) is 52.0 Å². The maximum Gasteiger partial charge on any atom is 1.00 e. The van der Waals surface area contributed by atoms with Crippen LogP contribution in [-0.2, 0) is 49.3 Å². The molecule has 0 unspecified atom stereocenters. The van der Waals surface area contributed by atoms with Crippen LogP contribution in [0.15, 0.2) is 71.7 Å². The molecule has 3 saturated heterocycles. The summed E-state index contributed by atoms with van der Waals surface area (Å²) in [5.74, 6) is -9.46. The number of rotatable bonds is 25. The average molecular weight is 1390 g/mol. The fourth-order valence-corrected chi connectivity index (χ4v) is 12.0. The number of benzene rings is 3. The number of amides is 7. The standard InChI is InChI=1S/C60H79N13O20S2.Na/c1-31-29-73-49(50(31)80)55(85)64-28-37(75)26-40(65-51(81)34-11-13-35(14-12-34)56-69-70-57(94-56)36-15-17-39(18-16-36)90-23-9-7-5-6-8-22-89-4)52(82)66-46(32(2)74)58(86)72-30-38(76)27-41(72)53(83)67-47(44(79)24-33-10-19-42(77)45(25-33)91-95-93-92-88)54(84)68-48(59(73)87)43(78)20-21-63-60(61)71-62-3;/h10-19,25,31-32,37-38,40-41,43-44,46-50,74-80,88H,5-9,20-24,26-30H2,1-2,4H3,(H,64,85)(H,65,81)(H,66,82)(H,67,83)(H,68,84)(H3,61,63,71);/q;+1/p-1/t31-,32+,37+,38+,40+,41+,43-,44-,46+,47+,48+,49+,50+;/m1./s1. The fraction of sp³-hybridized carbons (Fsp3) is 0.517. The molecule has 15 N–H and O–H groups in total. The molecule has 96 heavy (non-hydrogen) atoms. The molecule has 7 amide bonds. The predicted octanol–water partition coefficient (Wildman–Crippen LogP) is -5.20. The Balaban J connectivity index is 0.0000146. The van der Waals surface area contributed by atoms with Crippen LogP contribution in [0.1, 0.15) is 81.1 Å². The number of aliphatic hydroxyl groups is 6. The number of phenols is 1. The predicted molar refractivity (Wildman–Crippen MR) is 335 cm³/mol. The number of β-amino-alcohol motifs (C(OH)–C–C–N with tert-alkyl or cyclic N) is 1. The number of aliphatic imine (C=N–C) groups is 1. The Morgan fingerprint density at radius 1 is 0.823 bits per heavy atom. The third kappa shape index (κ3) is 21.6. The van der Waals surface area contributed by atoms with Gasteiger partial charge in [0.25, 0.3) is 24.2 Å². The Hall–Kier alpha value is -7.38. The Morgan fingerprint density at radius 3 is 2.11 bits per heavy atom. The van der Waals surface area contributed by atoms with Crippen molar-refractivity contribution in [1.29, 1.82) is 0 Å². The van der Waals surface area contributed by atoms with E-state index < -0.39 is 171 Å². The number of guanidine groups is 1. The van der Waals surface area contributed by atoms with Crippen molar-refractivity contribution in [2.45, 2.75) is 145 Å². The number of carbonyl (C=O) groups excluding carboxylic acids is 7. The van der Waals surface area contributed by atoms with E-state index >= 15 is 0 Å². The average Bonchev–Trinajstić information content (AvgIpc) is 1.62. The van der Waals surface area contributed by atoms with Crippen LogP contribution in [0, 0.1) is 12.5 Å². The van der Waals surface area contributed by atoms with Gasteiger partial charge in [0.15, 0.2) is 11.5 Å². The van der Waals surface area contributed by atoms with Gasteiger partial charge in [-0.15, -0.1) is 14.5 Å². The minimum atomic E-state index is -2.18. The van der Waals surface area contributed by atoms with Crippen LogP contribution in [-0.4, -0.2) is 222 Å². The molecule has 3 aromatic carbocycles. The van der Waals surface area contributed by atoms with Gasteiger partial charge in [0.2, 0.25) is 35.4 Å². The first-order valence-electron chi connectivity index (χ1n) is 30.4. The number of unbranched alkanes of at least 4 members (excludes halogenated alkanes) is 4. The maximum atomic E-state index is 14.9. The third-order valence-electron chi connectivity index (χ3n) is 16.0. The normalized spacial score (nSPS) is 24.1. The van der Waals surface area contributed by atoms with E-state index in [0.29, 0.717) is 27.9 Å². The molecule has 0 saturated carbocycles. The van der Waals surface area contributed by atoms with E-state index in [9.17, 15) is 74.6 Å². The second kappa shape index (κ2) is 37.9. The zero-order valence-corrected chi connectivity index (χ0v) is 56.6. The number of ether oxygens (including phenoxy) is 2. The SMILES string of the molecule is [C-]#[N+]NC(N)=NCC[C@@H](O)[C@@H]1NC(=O)[C@H]([C@H](O)Cc2ccc(O)c(OSOO[O-])c2)NC(=O)[C@@H]2C[C@H](O)CN2C(=O)[C@H]([C@H](C)O)NC(=O)[C@@H](NC(=O)c2ccc(-c3nnc(-c4ccc(OCCCCCCCOC)cc4)s3)cc2)C[C@H](O)CNC(=O)[C@@H]2[C@@H](O)[C@H](C)CN2C1=O.[Na+]. The molecule has 516 valence electrons. The van der Waals surface area contributed by atoms with E-state index in [1.54, 1.807) is 19.2 Å². The molecule has 4 heterocycles. The van der Waals surface area contributed by atoms with Crippen LogP contribution < -0.4 is 81.5 Å². The largest absolute Gasteiger partial charge is 1.00 e. The van der Waals surface area contributed by atoms with Gasteiger partial charge in [-0.2, -0.15) is 11.5 Å². The van der Waals surface area contributed by atoms with E-state index in [0.717, 1.165) is 73.1 Å². The van der Waals surface area contributed by atoms with E-state index in [1.165, 1.54) is 36.5 Å². The Kier molecular flexibility index (Phi) is 30.7. The van der Waals surface area contributed by atoms with Crippen molar-refractivity contribution in [2.75, 3.05) is 46.5 Å². The molecule has 0 bridgehead atoms. The number of nitrogens with one attached hydrogen (secondary N) is 6. The number of hydrogen-bond donors (Lipinski definition) is 14. The van der Waals surface area contributed by atoms with Crippen molar-refractivity contribution < 1.29 is 127 Å². The van der Waals surface area contributed by atoms with Gasteiger partial charge < -0.3 is 96.8 Å². The number of aromatic nitrogens is 2. The molecular formula is C60H78N13NaO20S2. The Labute approximate surface area is 582 Å². The molecule has 33 nitrogen and oxygen atoms in total. The molecule has 36 heteroatoms. The van der Waals surface area contributed by atoms with E-state index in [-0.39, 0.29) is 71.3 Å². The molecule has 1 aromatic heterocycles. The van der Waals surface area contributed by atoms with Crippen LogP contribution in [0.25, 0.3) is 26.1 Å². The number of nitrogens with two attached hydrogens (primary N) is 1. The number of aromatic hydroxyl groups is 1. The summed E-state index contributed by atoms with van der Waals surface area (Å²) in [4.78, 5) is 111. The first-order valence-corrected chi connectivity index (χ1v) is 31.9. The summed E-state index contributed by atoms with van der Waals surface area (Å²) in [7, 11) is 1.69. The molecule has 3 fully saturated rings. The Morgan fingerprint density at radius 2 is 1.46 bits per heavy atom. The van der Waals surface area contributed by atoms with Gasteiger partial charge in [-0.05, 0) is 80.3 Å². The van der Waals surface area contributed by atoms with Crippen molar-refractivity contribution >= 4 is 71.0 Å². The van der Waals surface area contributed by atoms with Gasteiger partial charge in [0.1, 0.15) is 52.0 Å². The van der Waals surface area contributed by atoms with Gasteiger partial charge in [0.05, 0.1) is 43.2 Å². The van der Waals surface area contributed by atoms with Crippen molar-refractivity contribution in [2.24, 2.45) is 16.6 Å². The molecule has 0 spiro atoms. The minimum absolute atomic E-state index is 0. The zero-order chi connectivity index (χ0) is 68.9. The molecule has 3 aliphatic rings. The van der Waals surface area contributed by atoms with Gasteiger partial charge in [0, 0.05) is 81.8 Å².